The molecule has 10 heteroatoms. The lowest BCUT2D eigenvalue weighted by molar-refractivity contribution is -0.121. The van der Waals surface area contributed by atoms with Gasteiger partial charge in [0.1, 0.15) is 11.9 Å². The van der Waals surface area contributed by atoms with Crippen molar-refractivity contribution < 1.29 is 18.4 Å². The molecule has 2 aromatic heterocycles. The number of nitrogens with one attached hydrogen (secondary N) is 1. The topological polar surface area (TPSA) is 88.3 Å². The summed E-state index contributed by atoms with van der Waals surface area (Å²) < 4.78 is 19.0. The second-order valence-corrected chi connectivity index (χ2v) is 9.88. The highest BCUT2D eigenvalue weighted by Crippen LogP contribution is 2.30. The van der Waals surface area contributed by atoms with Crippen molar-refractivity contribution in [1.29, 1.82) is 0 Å². The van der Waals surface area contributed by atoms with E-state index in [-0.39, 0.29) is 23.4 Å². The molecule has 7 nitrogen and oxygen atoms in total. The zero-order valence-electron chi connectivity index (χ0n) is 17.8. The molecular weight excluding hydrogens is 475 g/mol. The number of halogens is 1. The number of fused-ring (bicyclic) bond motifs is 1. The lowest BCUT2D eigenvalue weighted by atomic mass is 9.93. The van der Waals surface area contributed by atoms with Gasteiger partial charge in [-0.2, -0.15) is 0 Å². The largest absolute Gasteiger partial charge is 0.459 e. The SMILES string of the molecule is O=C(Nc1nnc(SCc2ccc(F)cc2)s1)[C@@H]1Cc2ccccc2CN1C(=O)c1ccco1. The second kappa shape index (κ2) is 9.78. The van der Waals surface area contributed by atoms with Gasteiger partial charge in [-0.05, 0) is 41.0 Å². The Labute approximate surface area is 203 Å². The molecule has 0 spiro atoms. The zero-order chi connectivity index (χ0) is 23.5. The lowest BCUT2D eigenvalue weighted by Gasteiger charge is -2.35. The molecule has 0 radical (unpaired) electrons. The van der Waals surface area contributed by atoms with Gasteiger partial charge in [0.25, 0.3) is 5.91 Å². The number of amides is 2. The Hall–Kier alpha value is -3.50. The van der Waals surface area contributed by atoms with Gasteiger partial charge in [0.15, 0.2) is 10.1 Å². The van der Waals surface area contributed by atoms with Crippen LogP contribution in [-0.4, -0.2) is 33.0 Å². The number of benzene rings is 2. The first kappa shape index (κ1) is 22.3. The van der Waals surface area contributed by atoms with E-state index in [2.05, 4.69) is 15.5 Å². The van der Waals surface area contributed by atoms with Gasteiger partial charge >= 0.3 is 0 Å². The van der Waals surface area contributed by atoms with Crippen LogP contribution in [0.3, 0.4) is 0 Å². The number of anilines is 1. The molecule has 1 N–H and O–H groups in total. The number of rotatable bonds is 6. The van der Waals surface area contributed by atoms with Gasteiger partial charge in [0, 0.05) is 18.7 Å². The van der Waals surface area contributed by atoms with Crippen molar-refractivity contribution in [2.45, 2.75) is 29.1 Å². The van der Waals surface area contributed by atoms with Crippen LogP contribution in [-0.2, 0) is 23.5 Å². The molecular formula is C24H19FN4O3S2. The first-order valence-electron chi connectivity index (χ1n) is 10.5. The summed E-state index contributed by atoms with van der Waals surface area (Å²) in [5.41, 5.74) is 2.99. The molecule has 3 heterocycles. The van der Waals surface area contributed by atoms with Crippen molar-refractivity contribution >= 4 is 40.0 Å². The molecule has 0 saturated heterocycles. The van der Waals surface area contributed by atoms with E-state index in [4.69, 9.17) is 4.42 Å². The lowest BCUT2D eigenvalue weighted by Crippen LogP contribution is -2.50. The maximum atomic E-state index is 13.2. The summed E-state index contributed by atoms with van der Waals surface area (Å²) >= 11 is 2.70. The Morgan fingerprint density at radius 1 is 1.09 bits per heavy atom. The van der Waals surface area contributed by atoms with Crippen molar-refractivity contribution in [3.63, 3.8) is 0 Å². The maximum Gasteiger partial charge on any atom is 0.290 e. The molecule has 1 aliphatic heterocycles. The van der Waals surface area contributed by atoms with Crippen molar-refractivity contribution in [2.24, 2.45) is 0 Å². The highest BCUT2D eigenvalue weighted by Gasteiger charge is 2.36. The molecule has 2 aromatic carbocycles. The summed E-state index contributed by atoms with van der Waals surface area (Å²) in [5, 5.41) is 11.4. The van der Waals surface area contributed by atoms with Gasteiger partial charge in [-0.1, -0.05) is 59.5 Å². The van der Waals surface area contributed by atoms with E-state index in [0.717, 1.165) is 16.7 Å². The number of thioether (sulfide) groups is 1. The molecule has 1 aliphatic rings. The molecule has 34 heavy (non-hydrogen) atoms. The average molecular weight is 495 g/mol. The normalized spacial score (nSPS) is 15.1. The molecule has 0 saturated carbocycles. The van der Waals surface area contributed by atoms with E-state index in [1.54, 1.807) is 24.3 Å². The van der Waals surface area contributed by atoms with Crippen LogP contribution >= 0.6 is 23.1 Å². The third kappa shape index (κ3) is 4.87. The molecule has 0 aliphatic carbocycles. The molecule has 0 bridgehead atoms. The van der Waals surface area contributed by atoms with Gasteiger partial charge in [-0.25, -0.2) is 4.39 Å². The van der Waals surface area contributed by atoms with E-state index in [0.29, 0.717) is 28.2 Å². The Kier molecular flexibility index (Phi) is 6.41. The number of hydrogen-bond acceptors (Lipinski definition) is 7. The average Bonchev–Trinajstić information content (AvgIpc) is 3.55. The number of nitrogens with zero attached hydrogens (tertiary/aromatic N) is 3. The van der Waals surface area contributed by atoms with Crippen molar-refractivity contribution in [1.82, 2.24) is 15.1 Å². The number of furan rings is 1. The van der Waals surface area contributed by atoms with E-state index in [9.17, 15) is 14.0 Å². The van der Waals surface area contributed by atoms with Gasteiger partial charge < -0.3 is 9.32 Å². The Morgan fingerprint density at radius 3 is 2.65 bits per heavy atom. The number of hydrogen-bond donors (Lipinski definition) is 1. The van der Waals surface area contributed by atoms with Crippen LogP contribution in [0.25, 0.3) is 0 Å². The number of aromatic nitrogens is 2. The predicted molar refractivity (Wildman–Crippen MR) is 127 cm³/mol. The smallest absolute Gasteiger partial charge is 0.290 e. The molecule has 0 fully saturated rings. The molecule has 4 aromatic rings. The summed E-state index contributed by atoms with van der Waals surface area (Å²) in [4.78, 5) is 27.9. The fourth-order valence-corrected chi connectivity index (χ4v) is 5.46. The van der Waals surface area contributed by atoms with Crippen LogP contribution in [0.4, 0.5) is 9.52 Å². The van der Waals surface area contributed by atoms with Crippen LogP contribution in [0.2, 0.25) is 0 Å². The minimum atomic E-state index is -0.716. The Balaban J connectivity index is 1.29. The van der Waals surface area contributed by atoms with Crippen LogP contribution < -0.4 is 5.32 Å². The standard InChI is InChI=1S/C24H19FN4O3S2/c25-18-9-7-15(8-10-18)14-33-24-28-27-23(34-24)26-21(30)19-12-16-4-1-2-5-17(16)13-29(19)22(31)20-6-3-11-32-20/h1-11,19H,12-14H2,(H,26,27,30)/t19-/m0/s1. The second-order valence-electron chi connectivity index (χ2n) is 7.68. The third-order valence-electron chi connectivity index (χ3n) is 5.46. The minimum absolute atomic E-state index is 0.188. The quantitative estimate of drug-likeness (QED) is 0.307. The molecule has 172 valence electrons. The first-order chi connectivity index (χ1) is 16.6. The van der Waals surface area contributed by atoms with Crippen LogP contribution in [0.5, 0.6) is 0 Å². The molecule has 0 unspecified atom stereocenters. The fourth-order valence-electron chi connectivity index (χ4n) is 3.75. The Morgan fingerprint density at radius 2 is 1.88 bits per heavy atom. The van der Waals surface area contributed by atoms with E-state index in [1.807, 2.05) is 24.3 Å². The van der Waals surface area contributed by atoms with Gasteiger partial charge in [-0.15, -0.1) is 10.2 Å². The number of carbonyl (C=O) groups is 2. The summed E-state index contributed by atoms with van der Waals surface area (Å²) in [6, 6.07) is 16.6. The van der Waals surface area contributed by atoms with Gasteiger partial charge in [0.05, 0.1) is 6.26 Å². The summed E-state index contributed by atoms with van der Waals surface area (Å²) in [6.45, 7) is 0.308. The van der Waals surface area contributed by atoms with Gasteiger partial charge in [0.2, 0.25) is 11.0 Å². The maximum absolute atomic E-state index is 13.2. The molecule has 5 rings (SSSR count). The molecule has 2 amide bonds. The summed E-state index contributed by atoms with van der Waals surface area (Å²) in [5.74, 6) is -0.159. The monoisotopic (exact) mass is 494 g/mol. The zero-order valence-corrected chi connectivity index (χ0v) is 19.4. The summed E-state index contributed by atoms with van der Waals surface area (Å²) in [7, 11) is 0. The third-order valence-corrected chi connectivity index (χ3v) is 7.50. The van der Waals surface area contributed by atoms with E-state index >= 15 is 0 Å². The van der Waals surface area contributed by atoms with Crippen molar-refractivity contribution in [3.05, 3.63) is 95.2 Å². The highest BCUT2D eigenvalue weighted by molar-refractivity contribution is 8.00. The first-order valence-corrected chi connectivity index (χ1v) is 12.3. The predicted octanol–water partition coefficient (Wildman–Crippen LogP) is 4.77. The van der Waals surface area contributed by atoms with Crippen molar-refractivity contribution in [2.75, 3.05) is 5.32 Å². The summed E-state index contributed by atoms with van der Waals surface area (Å²) in [6.07, 6.45) is 1.83. The van der Waals surface area contributed by atoms with Crippen LogP contribution in [0.15, 0.2) is 75.7 Å². The number of carbonyl (C=O) groups excluding carboxylic acids is 2. The van der Waals surface area contributed by atoms with Crippen molar-refractivity contribution in [3.8, 4) is 0 Å². The van der Waals surface area contributed by atoms with Crippen LogP contribution in [0, 0.1) is 5.82 Å². The fraction of sp³-hybridized carbons (Fsp3) is 0.167. The highest BCUT2D eigenvalue weighted by atomic mass is 32.2. The van der Waals surface area contributed by atoms with Gasteiger partial charge in [-0.3, -0.25) is 14.9 Å². The molecule has 1 atom stereocenters. The van der Waals surface area contributed by atoms with E-state index in [1.165, 1.54) is 46.4 Å². The minimum Gasteiger partial charge on any atom is -0.459 e. The van der Waals surface area contributed by atoms with Crippen LogP contribution in [0.1, 0.15) is 27.2 Å². The Bertz CT molecular complexity index is 1310. The van der Waals surface area contributed by atoms with E-state index < -0.39 is 6.04 Å².